The summed E-state index contributed by atoms with van der Waals surface area (Å²) in [6, 6.07) is 14.2. The highest BCUT2D eigenvalue weighted by atomic mass is 16.7. The van der Waals surface area contributed by atoms with Gasteiger partial charge in [-0.15, -0.1) is 0 Å². The first-order valence-electron chi connectivity index (χ1n) is 7.79. The molecular formula is C18H18N2O3. The van der Waals surface area contributed by atoms with Crippen LogP contribution in [-0.4, -0.2) is 36.9 Å². The van der Waals surface area contributed by atoms with Crippen LogP contribution in [0.3, 0.4) is 0 Å². The van der Waals surface area contributed by atoms with Crippen molar-refractivity contribution in [2.75, 3.05) is 19.9 Å². The maximum Gasteiger partial charge on any atom is 0.267 e. The summed E-state index contributed by atoms with van der Waals surface area (Å²) in [5, 5.41) is 6.31. The summed E-state index contributed by atoms with van der Waals surface area (Å²) in [7, 11) is 0. The van der Waals surface area contributed by atoms with Crippen molar-refractivity contribution in [3.63, 3.8) is 0 Å². The van der Waals surface area contributed by atoms with E-state index in [0.29, 0.717) is 25.6 Å². The van der Waals surface area contributed by atoms with Crippen LogP contribution in [0.2, 0.25) is 0 Å². The van der Waals surface area contributed by atoms with Gasteiger partial charge < -0.3 is 19.8 Å². The number of H-pyrrole nitrogens is 1. The highest BCUT2D eigenvalue weighted by Gasteiger charge is 2.17. The summed E-state index contributed by atoms with van der Waals surface area (Å²) in [5.74, 6) is -0.111. The van der Waals surface area contributed by atoms with Crippen molar-refractivity contribution in [2.24, 2.45) is 0 Å². The number of nitrogens with one attached hydrogen (secondary N) is 2. The first-order valence-corrected chi connectivity index (χ1v) is 7.79. The Balaban J connectivity index is 1.56. The number of carbonyl (C=O) groups excluding carboxylic acids is 1. The minimum Gasteiger partial charge on any atom is -0.355 e. The molecule has 5 heteroatoms. The van der Waals surface area contributed by atoms with Crippen LogP contribution in [0.25, 0.3) is 21.7 Å². The fourth-order valence-corrected chi connectivity index (χ4v) is 2.97. The van der Waals surface area contributed by atoms with E-state index in [2.05, 4.69) is 28.5 Å². The van der Waals surface area contributed by atoms with Crippen LogP contribution in [-0.2, 0) is 9.47 Å². The van der Waals surface area contributed by atoms with Crippen molar-refractivity contribution in [3.05, 3.63) is 48.2 Å². The van der Waals surface area contributed by atoms with E-state index in [-0.39, 0.29) is 12.0 Å². The molecule has 4 rings (SSSR count). The van der Waals surface area contributed by atoms with Gasteiger partial charge in [-0.1, -0.05) is 30.3 Å². The van der Waals surface area contributed by atoms with Crippen molar-refractivity contribution in [3.8, 4) is 0 Å². The minimum atomic E-state index is -0.111. The summed E-state index contributed by atoms with van der Waals surface area (Å²) in [4.78, 5) is 15.6. The molecule has 23 heavy (non-hydrogen) atoms. The van der Waals surface area contributed by atoms with Crippen LogP contribution >= 0.6 is 0 Å². The third-order valence-electron chi connectivity index (χ3n) is 4.23. The maximum atomic E-state index is 12.4. The average molecular weight is 310 g/mol. The molecule has 1 amide bonds. The Morgan fingerprint density at radius 1 is 1.22 bits per heavy atom. The number of benzene rings is 2. The van der Waals surface area contributed by atoms with Gasteiger partial charge in [0.05, 0.1) is 12.7 Å². The van der Waals surface area contributed by atoms with Gasteiger partial charge in [0, 0.05) is 17.4 Å². The Morgan fingerprint density at radius 3 is 3.00 bits per heavy atom. The highest BCUT2D eigenvalue weighted by molar-refractivity contribution is 6.09. The van der Waals surface area contributed by atoms with Crippen LogP contribution in [0.4, 0.5) is 0 Å². The molecule has 2 N–H and O–H groups in total. The number of aromatic nitrogens is 1. The van der Waals surface area contributed by atoms with E-state index in [1.165, 1.54) is 5.39 Å². The van der Waals surface area contributed by atoms with Crippen LogP contribution in [0, 0.1) is 0 Å². The number of hydrogen-bond acceptors (Lipinski definition) is 3. The average Bonchev–Trinajstić information content (AvgIpc) is 3.05. The predicted octanol–water partition coefficient (Wildman–Crippen LogP) is 2.81. The summed E-state index contributed by atoms with van der Waals surface area (Å²) in [6.45, 7) is 1.48. The molecule has 3 aromatic rings. The van der Waals surface area contributed by atoms with Gasteiger partial charge in [0.25, 0.3) is 5.91 Å². The molecule has 0 spiro atoms. The lowest BCUT2D eigenvalue weighted by Gasteiger charge is -2.22. The number of carbonyl (C=O) groups is 1. The van der Waals surface area contributed by atoms with Gasteiger partial charge in [-0.05, 0) is 29.3 Å². The fraction of sp³-hybridized carbons (Fsp3) is 0.278. The molecular weight excluding hydrogens is 292 g/mol. The van der Waals surface area contributed by atoms with E-state index in [4.69, 9.17) is 9.47 Å². The van der Waals surface area contributed by atoms with Crippen LogP contribution < -0.4 is 5.32 Å². The number of rotatable bonds is 3. The zero-order chi connectivity index (χ0) is 15.6. The molecule has 0 bridgehead atoms. The largest absolute Gasteiger partial charge is 0.355 e. The minimum absolute atomic E-state index is 0.0258. The molecule has 1 aliphatic heterocycles. The van der Waals surface area contributed by atoms with E-state index in [0.717, 1.165) is 22.7 Å². The molecule has 0 unspecified atom stereocenters. The van der Waals surface area contributed by atoms with Gasteiger partial charge in [-0.2, -0.15) is 0 Å². The van der Waals surface area contributed by atoms with Crippen molar-refractivity contribution in [2.45, 2.75) is 12.5 Å². The van der Waals surface area contributed by atoms with Crippen molar-refractivity contribution >= 4 is 27.6 Å². The molecule has 0 radical (unpaired) electrons. The van der Waals surface area contributed by atoms with Crippen molar-refractivity contribution in [1.82, 2.24) is 10.3 Å². The molecule has 1 saturated heterocycles. The van der Waals surface area contributed by atoms with Gasteiger partial charge in [0.15, 0.2) is 0 Å². The molecule has 1 atom stereocenters. The second-order valence-corrected chi connectivity index (χ2v) is 5.74. The first kappa shape index (κ1) is 14.2. The smallest absolute Gasteiger partial charge is 0.267 e. The lowest BCUT2D eigenvalue weighted by molar-refractivity contribution is -0.136. The zero-order valence-corrected chi connectivity index (χ0v) is 12.7. The lowest BCUT2D eigenvalue weighted by Crippen LogP contribution is -2.37. The number of amides is 1. The molecule has 0 aliphatic carbocycles. The van der Waals surface area contributed by atoms with Gasteiger partial charge in [-0.25, -0.2) is 0 Å². The zero-order valence-electron chi connectivity index (χ0n) is 12.7. The van der Waals surface area contributed by atoms with E-state index >= 15 is 0 Å². The molecule has 2 heterocycles. The van der Waals surface area contributed by atoms with E-state index in [1.54, 1.807) is 0 Å². The van der Waals surface area contributed by atoms with E-state index in [1.807, 2.05) is 24.3 Å². The molecule has 118 valence electrons. The summed E-state index contributed by atoms with van der Waals surface area (Å²) in [6.07, 6.45) is 0.829. The molecule has 0 saturated carbocycles. The molecule has 1 aromatic heterocycles. The molecule has 2 aromatic carbocycles. The molecule has 1 aliphatic rings. The molecule has 5 nitrogen and oxygen atoms in total. The third kappa shape index (κ3) is 2.81. The Labute approximate surface area is 133 Å². The van der Waals surface area contributed by atoms with Gasteiger partial charge >= 0.3 is 0 Å². The summed E-state index contributed by atoms with van der Waals surface area (Å²) < 4.78 is 10.6. The predicted molar refractivity (Wildman–Crippen MR) is 88.4 cm³/mol. The lowest BCUT2D eigenvalue weighted by atomic mass is 10.1. The van der Waals surface area contributed by atoms with Crippen molar-refractivity contribution < 1.29 is 14.3 Å². The third-order valence-corrected chi connectivity index (χ3v) is 4.23. The van der Waals surface area contributed by atoms with E-state index in [9.17, 15) is 4.79 Å². The normalized spacial score (nSPS) is 18.3. The second kappa shape index (κ2) is 6.02. The van der Waals surface area contributed by atoms with Gasteiger partial charge in [0.2, 0.25) is 0 Å². The topological polar surface area (TPSA) is 63.4 Å². The maximum absolute atomic E-state index is 12.4. The number of hydrogen-bond donors (Lipinski definition) is 2. The van der Waals surface area contributed by atoms with Crippen LogP contribution in [0.5, 0.6) is 0 Å². The number of ether oxygens (including phenoxy) is 2. The highest BCUT2D eigenvalue weighted by Crippen LogP contribution is 2.25. The van der Waals surface area contributed by atoms with Gasteiger partial charge in [0.1, 0.15) is 12.5 Å². The summed E-state index contributed by atoms with van der Waals surface area (Å²) >= 11 is 0. The number of aromatic amines is 1. The Morgan fingerprint density at radius 2 is 2.13 bits per heavy atom. The Hall–Kier alpha value is -2.37. The standard InChI is InChI=1S/C18H18N2O3/c21-18(19-10-13-7-8-22-11-23-13)17-9-15-14-4-2-1-3-12(14)5-6-16(15)20-17/h1-6,9,13,20H,7-8,10-11H2,(H,19,21)/t13-/m1/s1. The monoisotopic (exact) mass is 310 g/mol. The first-order chi connectivity index (χ1) is 11.3. The molecule has 1 fully saturated rings. The second-order valence-electron chi connectivity index (χ2n) is 5.74. The van der Waals surface area contributed by atoms with Crippen molar-refractivity contribution in [1.29, 1.82) is 0 Å². The van der Waals surface area contributed by atoms with Gasteiger partial charge in [-0.3, -0.25) is 4.79 Å². The quantitative estimate of drug-likeness (QED) is 0.782. The van der Waals surface area contributed by atoms with E-state index < -0.39 is 0 Å². The Kier molecular flexibility index (Phi) is 3.73. The number of fused-ring (bicyclic) bond motifs is 3. The van der Waals surface area contributed by atoms with Crippen LogP contribution in [0.1, 0.15) is 16.9 Å². The fourth-order valence-electron chi connectivity index (χ4n) is 2.97. The summed E-state index contributed by atoms with van der Waals surface area (Å²) in [5.41, 5.74) is 1.54. The Bertz CT molecular complexity index is 850. The van der Waals surface area contributed by atoms with Crippen LogP contribution in [0.15, 0.2) is 42.5 Å². The SMILES string of the molecule is O=C(NC[C@H]1CCOCO1)c1cc2c(ccc3ccccc32)[nH]1.